The number of halogens is 4. The molecule has 1 aromatic rings. The van der Waals surface area contributed by atoms with Crippen molar-refractivity contribution in [3.63, 3.8) is 0 Å². The molecule has 0 spiro atoms. The summed E-state index contributed by atoms with van der Waals surface area (Å²) >= 11 is 0. The minimum absolute atomic E-state index is 0.00823. The fourth-order valence-electron chi connectivity index (χ4n) is 1.55. The molecule has 1 atom stereocenters. The third-order valence-corrected chi connectivity index (χ3v) is 2.34. The minimum atomic E-state index is -2.48. The highest BCUT2D eigenvalue weighted by Gasteiger charge is 2.17. The maximum Gasteiger partial charge on any atom is 0.251 e. The molecule has 0 aromatic heterocycles. The smallest absolute Gasteiger partial charge is 0.251 e. The van der Waals surface area contributed by atoms with Gasteiger partial charge < -0.3 is 5.73 Å². The van der Waals surface area contributed by atoms with Crippen LogP contribution in [0.3, 0.4) is 0 Å². The van der Waals surface area contributed by atoms with Crippen LogP contribution in [0.25, 0.3) is 0 Å². The number of hydrogen-bond donors (Lipinski definition) is 1. The Labute approximate surface area is 97.0 Å². The summed E-state index contributed by atoms with van der Waals surface area (Å²) in [5.41, 5.74) is 5.64. The fraction of sp³-hybridized carbons (Fsp3) is 0.455. The van der Waals surface area contributed by atoms with E-state index < -0.39 is 30.6 Å². The Morgan fingerprint density at radius 1 is 1.24 bits per heavy atom. The Kier molecular flexibility index (Phi) is 4.89. The van der Waals surface area contributed by atoms with Crippen LogP contribution in [0.15, 0.2) is 18.2 Å². The van der Waals surface area contributed by atoms with E-state index in [4.69, 9.17) is 5.73 Å². The van der Waals surface area contributed by atoms with Crippen LogP contribution in [-0.4, -0.2) is 31.5 Å². The van der Waals surface area contributed by atoms with Gasteiger partial charge in [-0.3, -0.25) is 4.90 Å². The second-order valence-electron chi connectivity index (χ2n) is 3.86. The number of benzene rings is 1. The van der Waals surface area contributed by atoms with Gasteiger partial charge in [0.05, 0.1) is 6.54 Å². The van der Waals surface area contributed by atoms with E-state index in [1.54, 1.807) is 0 Å². The topological polar surface area (TPSA) is 29.3 Å². The molecule has 0 amide bonds. The normalized spacial score (nSPS) is 13.4. The standard InChI is InChI=1S/C11H14F4N2/c1-17(6-10(13)14)5-9(16)7-3-2-4-8(12)11(7)15/h2-4,9-10H,5-6,16H2,1H3. The molecule has 6 heteroatoms. The van der Waals surface area contributed by atoms with Crippen LogP contribution in [0, 0.1) is 11.6 Å². The maximum atomic E-state index is 13.3. The van der Waals surface area contributed by atoms with Crippen molar-refractivity contribution in [3.8, 4) is 0 Å². The van der Waals surface area contributed by atoms with Gasteiger partial charge in [-0.05, 0) is 13.1 Å². The number of hydrogen-bond acceptors (Lipinski definition) is 2. The van der Waals surface area contributed by atoms with Crippen LogP contribution in [0.5, 0.6) is 0 Å². The van der Waals surface area contributed by atoms with Gasteiger partial charge in [0.2, 0.25) is 0 Å². The van der Waals surface area contributed by atoms with Gasteiger partial charge >= 0.3 is 0 Å². The highest BCUT2D eigenvalue weighted by atomic mass is 19.3. The van der Waals surface area contributed by atoms with Crippen molar-refractivity contribution < 1.29 is 17.6 Å². The third-order valence-electron chi connectivity index (χ3n) is 2.34. The van der Waals surface area contributed by atoms with Gasteiger partial charge in [-0.15, -0.1) is 0 Å². The van der Waals surface area contributed by atoms with Crippen molar-refractivity contribution in [2.75, 3.05) is 20.1 Å². The molecule has 17 heavy (non-hydrogen) atoms. The molecule has 2 N–H and O–H groups in total. The number of nitrogens with zero attached hydrogens (tertiary/aromatic N) is 1. The van der Waals surface area contributed by atoms with Gasteiger partial charge in [0.1, 0.15) is 0 Å². The molecular formula is C11H14F4N2. The molecule has 0 aliphatic carbocycles. The Balaban J connectivity index is 2.69. The van der Waals surface area contributed by atoms with Gasteiger partial charge in [0.15, 0.2) is 11.6 Å². The molecule has 0 bridgehead atoms. The summed E-state index contributed by atoms with van der Waals surface area (Å²) in [5.74, 6) is -2.01. The van der Waals surface area contributed by atoms with E-state index >= 15 is 0 Å². The number of rotatable bonds is 5. The van der Waals surface area contributed by atoms with Gasteiger partial charge in [0.25, 0.3) is 6.43 Å². The van der Waals surface area contributed by atoms with Crippen LogP contribution in [0.4, 0.5) is 17.6 Å². The van der Waals surface area contributed by atoms with E-state index in [0.29, 0.717) is 0 Å². The first-order valence-corrected chi connectivity index (χ1v) is 5.08. The minimum Gasteiger partial charge on any atom is -0.323 e. The molecule has 1 rings (SSSR count). The largest absolute Gasteiger partial charge is 0.323 e. The molecule has 0 fully saturated rings. The van der Waals surface area contributed by atoms with E-state index in [2.05, 4.69) is 0 Å². The zero-order valence-electron chi connectivity index (χ0n) is 9.34. The zero-order chi connectivity index (χ0) is 13.0. The van der Waals surface area contributed by atoms with E-state index in [1.807, 2.05) is 0 Å². The fourth-order valence-corrected chi connectivity index (χ4v) is 1.55. The summed E-state index contributed by atoms with van der Waals surface area (Å²) in [6, 6.07) is 2.82. The zero-order valence-corrected chi connectivity index (χ0v) is 9.34. The summed E-state index contributed by atoms with van der Waals surface area (Å²) in [7, 11) is 1.45. The average Bonchev–Trinajstić information content (AvgIpc) is 2.20. The average molecular weight is 250 g/mol. The summed E-state index contributed by atoms with van der Waals surface area (Å²) in [6.07, 6.45) is -2.48. The van der Waals surface area contributed by atoms with Gasteiger partial charge in [-0.1, -0.05) is 12.1 Å². The van der Waals surface area contributed by atoms with Crippen molar-refractivity contribution >= 4 is 0 Å². The first kappa shape index (κ1) is 13.9. The first-order valence-electron chi connectivity index (χ1n) is 5.08. The number of nitrogens with two attached hydrogens (primary N) is 1. The molecule has 96 valence electrons. The van der Waals surface area contributed by atoms with E-state index in [1.165, 1.54) is 24.1 Å². The van der Waals surface area contributed by atoms with Crippen molar-refractivity contribution in [1.82, 2.24) is 4.90 Å². The molecule has 0 saturated heterocycles. The van der Waals surface area contributed by atoms with Gasteiger partial charge in [-0.2, -0.15) is 0 Å². The highest BCUT2D eigenvalue weighted by Crippen LogP contribution is 2.18. The summed E-state index contributed by atoms with van der Waals surface area (Å²) in [4.78, 5) is 1.28. The SMILES string of the molecule is CN(CC(F)F)CC(N)c1cccc(F)c1F. The highest BCUT2D eigenvalue weighted by molar-refractivity contribution is 5.22. The molecule has 0 aliphatic heterocycles. The van der Waals surface area contributed by atoms with Crippen molar-refractivity contribution in [3.05, 3.63) is 35.4 Å². The first-order chi connectivity index (χ1) is 7.91. The van der Waals surface area contributed by atoms with Crippen molar-refractivity contribution in [2.24, 2.45) is 5.73 Å². The van der Waals surface area contributed by atoms with Crippen LogP contribution in [-0.2, 0) is 0 Å². The molecule has 0 saturated carbocycles. The molecule has 0 radical (unpaired) electrons. The lowest BCUT2D eigenvalue weighted by Crippen LogP contribution is -2.33. The summed E-state index contributed by atoms with van der Waals surface area (Å²) in [5, 5.41) is 0. The molecule has 0 heterocycles. The van der Waals surface area contributed by atoms with Crippen LogP contribution >= 0.6 is 0 Å². The second-order valence-corrected chi connectivity index (χ2v) is 3.86. The summed E-state index contributed by atoms with van der Waals surface area (Å²) in [6.45, 7) is -0.421. The molecule has 1 aromatic carbocycles. The van der Waals surface area contributed by atoms with Crippen LogP contribution < -0.4 is 5.73 Å². The van der Waals surface area contributed by atoms with Crippen molar-refractivity contribution in [2.45, 2.75) is 12.5 Å². The molecule has 1 unspecified atom stereocenters. The van der Waals surface area contributed by atoms with Gasteiger partial charge in [-0.25, -0.2) is 17.6 Å². The summed E-state index contributed by atoms with van der Waals surface area (Å²) < 4.78 is 50.4. The maximum absolute atomic E-state index is 13.3. The number of alkyl halides is 2. The van der Waals surface area contributed by atoms with E-state index in [0.717, 1.165) is 6.07 Å². The van der Waals surface area contributed by atoms with E-state index in [-0.39, 0.29) is 12.1 Å². The molecule has 0 aliphatic rings. The van der Waals surface area contributed by atoms with Gasteiger partial charge in [0, 0.05) is 18.2 Å². The second kappa shape index (κ2) is 5.97. The van der Waals surface area contributed by atoms with E-state index in [9.17, 15) is 17.6 Å². The Bertz CT molecular complexity index is 370. The van der Waals surface area contributed by atoms with Crippen LogP contribution in [0.2, 0.25) is 0 Å². The number of likely N-dealkylation sites (N-methyl/N-ethyl adjacent to an activating group) is 1. The van der Waals surface area contributed by atoms with Crippen molar-refractivity contribution in [1.29, 1.82) is 0 Å². The third kappa shape index (κ3) is 3.98. The monoisotopic (exact) mass is 250 g/mol. The lowest BCUT2D eigenvalue weighted by Gasteiger charge is -2.21. The Hall–Kier alpha value is -1.14. The lowest BCUT2D eigenvalue weighted by atomic mass is 10.1. The molecular weight excluding hydrogens is 236 g/mol. The quantitative estimate of drug-likeness (QED) is 0.811. The van der Waals surface area contributed by atoms with Crippen LogP contribution in [0.1, 0.15) is 11.6 Å². The Morgan fingerprint density at radius 2 is 1.88 bits per heavy atom. The predicted octanol–water partition coefficient (Wildman–Crippen LogP) is 2.16. The predicted molar refractivity (Wildman–Crippen MR) is 56.8 cm³/mol. The lowest BCUT2D eigenvalue weighted by molar-refractivity contribution is 0.0976. The molecule has 2 nitrogen and oxygen atoms in total. The Morgan fingerprint density at radius 3 is 2.47 bits per heavy atom.